The van der Waals surface area contributed by atoms with Crippen LogP contribution in [0.2, 0.25) is 0 Å². The van der Waals surface area contributed by atoms with E-state index < -0.39 is 5.41 Å². The first-order chi connectivity index (χ1) is 27.1. The number of hydrogen-bond donors (Lipinski definition) is 2. The molecule has 0 bridgehead atoms. The first kappa shape index (κ1) is 31.4. The Morgan fingerprint density at radius 1 is 0.291 bits per heavy atom. The minimum absolute atomic E-state index is 0.248. The van der Waals surface area contributed by atoms with Gasteiger partial charge in [0.05, 0.1) is 5.41 Å². The van der Waals surface area contributed by atoms with Crippen LogP contribution in [0, 0.1) is 0 Å². The van der Waals surface area contributed by atoms with Crippen molar-refractivity contribution >= 4 is 43.1 Å². The molecule has 0 atom stereocenters. The summed E-state index contributed by atoms with van der Waals surface area (Å²) in [5, 5.41) is 31.0. The lowest BCUT2D eigenvalue weighted by Crippen LogP contribution is -2.29. The second-order valence-corrected chi connectivity index (χ2v) is 14.7. The van der Waals surface area contributed by atoms with Gasteiger partial charge in [-0.25, -0.2) is 0 Å². The van der Waals surface area contributed by atoms with Crippen molar-refractivity contribution in [3.8, 4) is 44.9 Å². The van der Waals surface area contributed by atoms with Crippen LogP contribution in [-0.2, 0) is 5.41 Å². The van der Waals surface area contributed by atoms with E-state index in [0.29, 0.717) is 0 Å². The summed E-state index contributed by atoms with van der Waals surface area (Å²) >= 11 is 0. The molecule has 55 heavy (non-hydrogen) atoms. The first-order valence-corrected chi connectivity index (χ1v) is 18.8. The summed E-state index contributed by atoms with van der Waals surface area (Å²) in [6.07, 6.45) is 0. The number of fused-ring (bicyclic) bond motifs is 7. The zero-order valence-electron chi connectivity index (χ0n) is 29.9. The lowest BCUT2D eigenvalue weighted by atomic mass is 9.65. The predicted molar refractivity (Wildman–Crippen MR) is 228 cm³/mol. The van der Waals surface area contributed by atoms with Gasteiger partial charge >= 0.3 is 0 Å². The third kappa shape index (κ3) is 4.49. The van der Waals surface area contributed by atoms with Gasteiger partial charge in [-0.05, 0) is 112 Å². The Hall–Kier alpha value is -7.16. The number of phenols is 2. The average Bonchev–Trinajstić information content (AvgIpc) is 3.55. The highest BCUT2D eigenvalue weighted by molar-refractivity contribution is 6.07. The van der Waals surface area contributed by atoms with Crippen LogP contribution in [0.1, 0.15) is 22.3 Å². The lowest BCUT2D eigenvalue weighted by molar-refractivity contribution is 0.481. The molecule has 0 saturated heterocycles. The van der Waals surface area contributed by atoms with Crippen molar-refractivity contribution in [1.82, 2.24) is 0 Å². The molecule has 0 fully saturated rings. The number of aromatic hydroxyl groups is 2. The second kappa shape index (κ2) is 11.9. The Labute approximate surface area is 318 Å². The highest BCUT2D eigenvalue weighted by Crippen LogP contribution is 2.62. The van der Waals surface area contributed by atoms with Gasteiger partial charge in [0, 0.05) is 10.8 Å². The standard InChI is InChI=1S/C53H34O2/c54-49-29-27-45(41-15-5-7-17-43(41)49)53(46-28-30-50(55)44-18-8-6-16-42(44)46)47-21-9-19-39(37-25-23-33-11-1-3-13-35(33)31-37)51(47)52-40(20-10-22-48(52)53)38-26-24-34-12-2-4-14-36(34)32-38/h1-32,54-55H. The van der Waals surface area contributed by atoms with Crippen molar-refractivity contribution in [3.05, 3.63) is 216 Å². The third-order valence-electron chi connectivity index (χ3n) is 11.9. The van der Waals surface area contributed by atoms with Gasteiger partial charge in [0.1, 0.15) is 11.5 Å². The molecule has 0 saturated carbocycles. The molecule has 0 heterocycles. The highest BCUT2D eigenvalue weighted by atomic mass is 16.3. The largest absolute Gasteiger partial charge is 0.507 e. The molecular weight excluding hydrogens is 669 g/mol. The van der Waals surface area contributed by atoms with E-state index in [-0.39, 0.29) is 11.5 Å². The van der Waals surface area contributed by atoms with Crippen LogP contribution in [0.25, 0.3) is 76.5 Å². The lowest BCUT2D eigenvalue weighted by Gasteiger charge is -2.36. The maximum atomic E-state index is 11.3. The Morgan fingerprint density at radius 3 is 1.15 bits per heavy atom. The van der Waals surface area contributed by atoms with Gasteiger partial charge in [0.15, 0.2) is 0 Å². The van der Waals surface area contributed by atoms with E-state index in [2.05, 4.69) is 158 Å². The minimum atomic E-state index is -0.842. The summed E-state index contributed by atoms with van der Waals surface area (Å²) in [4.78, 5) is 0. The van der Waals surface area contributed by atoms with Gasteiger partial charge in [-0.15, -0.1) is 0 Å². The molecule has 1 aliphatic rings. The molecule has 2 heteroatoms. The van der Waals surface area contributed by atoms with E-state index in [1.807, 2.05) is 36.4 Å². The SMILES string of the molecule is Oc1ccc(C2(c3ccc(O)c4ccccc34)c3cccc(-c4ccc5ccccc5c4)c3-c3c(-c4ccc5ccccc5c4)cccc32)c2ccccc12. The molecule has 2 N–H and O–H groups in total. The van der Waals surface area contributed by atoms with Crippen molar-refractivity contribution in [2.45, 2.75) is 5.41 Å². The van der Waals surface area contributed by atoms with E-state index >= 15 is 0 Å². The Balaban J connectivity index is 1.36. The quantitative estimate of drug-likeness (QED) is 0.192. The topological polar surface area (TPSA) is 40.5 Å². The molecule has 0 amide bonds. The van der Waals surface area contributed by atoms with Gasteiger partial charge < -0.3 is 10.2 Å². The number of benzene rings is 10. The fourth-order valence-corrected chi connectivity index (χ4v) is 9.55. The van der Waals surface area contributed by atoms with Crippen LogP contribution in [0.3, 0.4) is 0 Å². The molecule has 0 aromatic heterocycles. The number of phenolic OH excluding ortho intramolecular Hbond substituents is 2. The summed E-state index contributed by atoms with van der Waals surface area (Å²) in [6.45, 7) is 0. The van der Waals surface area contributed by atoms with Crippen LogP contribution < -0.4 is 0 Å². The summed E-state index contributed by atoms with van der Waals surface area (Å²) < 4.78 is 0. The smallest absolute Gasteiger partial charge is 0.123 e. The molecule has 1 aliphatic carbocycles. The van der Waals surface area contributed by atoms with Gasteiger partial charge in [-0.3, -0.25) is 0 Å². The highest BCUT2D eigenvalue weighted by Gasteiger charge is 2.49. The van der Waals surface area contributed by atoms with E-state index in [0.717, 1.165) is 66.1 Å². The minimum Gasteiger partial charge on any atom is -0.507 e. The predicted octanol–water partition coefficient (Wildman–Crippen LogP) is 13.4. The number of hydrogen-bond acceptors (Lipinski definition) is 2. The zero-order valence-corrected chi connectivity index (χ0v) is 29.9. The summed E-state index contributed by atoms with van der Waals surface area (Å²) in [5.74, 6) is 0.497. The Morgan fingerprint density at radius 2 is 0.691 bits per heavy atom. The van der Waals surface area contributed by atoms with Crippen LogP contribution in [0.15, 0.2) is 194 Å². The fourth-order valence-electron chi connectivity index (χ4n) is 9.55. The number of rotatable bonds is 4. The normalized spacial score (nSPS) is 13.0. The van der Waals surface area contributed by atoms with E-state index in [9.17, 15) is 10.2 Å². The van der Waals surface area contributed by atoms with E-state index in [1.165, 1.54) is 32.7 Å². The molecular formula is C53H34O2. The van der Waals surface area contributed by atoms with Gasteiger partial charge in [0.2, 0.25) is 0 Å². The van der Waals surface area contributed by atoms with Gasteiger partial charge in [-0.2, -0.15) is 0 Å². The van der Waals surface area contributed by atoms with Crippen molar-refractivity contribution in [2.75, 3.05) is 0 Å². The molecule has 11 rings (SSSR count). The summed E-state index contributed by atoms with van der Waals surface area (Å²) in [7, 11) is 0. The van der Waals surface area contributed by atoms with Crippen molar-refractivity contribution in [2.24, 2.45) is 0 Å². The molecule has 10 aromatic carbocycles. The monoisotopic (exact) mass is 702 g/mol. The Bertz CT molecular complexity index is 2970. The molecule has 0 radical (unpaired) electrons. The van der Waals surface area contributed by atoms with Crippen molar-refractivity contribution in [1.29, 1.82) is 0 Å². The van der Waals surface area contributed by atoms with Crippen molar-refractivity contribution in [3.63, 3.8) is 0 Å². The maximum Gasteiger partial charge on any atom is 0.123 e. The van der Waals surface area contributed by atoms with E-state index in [4.69, 9.17) is 0 Å². The summed E-state index contributed by atoms with van der Waals surface area (Å²) in [5.41, 5.74) is 10.6. The molecule has 10 aromatic rings. The summed E-state index contributed by atoms with van der Waals surface area (Å²) in [6, 6.07) is 68.5. The molecule has 2 nitrogen and oxygen atoms in total. The molecule has 0 spiro atoms. The second-order valence-electron chi connectivity index (χ2n) is 14.7. The molecule has 0 unspecified atom stereocenters. The molecule has 0 aliphatic heterocycles. The van der Waals surface area contributed by atoms with Crippen LogP contribution in [-0.4, -0.2) is 10.2 Å². The third-order valence-corrected chi connectivity index (χ3v) is 11.9. The van der Waals surface area contributed by atoms with E-state index in [1.54, 1.807) is 0 Å². The fraction of sp³-hybridized carbons (Fsp3) is 0.0189. The average molecular weight is 703 g/mol. The molecule has 258 valence electrons. The van der Waals surface area contributed by atoms with Crippen molar-refractivity contribution < 1.29 is 10.2 Å². The van der Waals surface area contributed by atoms with Crippen LogP contribution in [0.5, 0.6) is 11.5 Å². The maximum absolute atomic E-state index is 11.3. The van der Waals surface area contributed by atoms with Gasteiger partial charge in [0.25, 0.3) is 0 Å². The first-order valence-electron chi connectivity index (χ1n) is 18.8. The van der Waals surface area contributed by atoms with Crippen LogP contribution >= 0.6 is 0 Å². The zero-order chi connectivity index (χ0) is 36.7. The van der Waals surface area contributed by atoms with Crippen LogP contribution in [0.4, 0.5) is 0 Å². The Kier molecular flexibility index (Phi) is 6.80. The van der Waals surface area contributed by atoms with Gasteiger partial charge in [-0.1, -0.05) is 170 Å².